The van der Waals surface area contributed by atoms with Crippen LogP contribution < -0.4 is 5.23 Å². The summed E-state index contributed by atoms with van der Waals surface area (Å²) >= 11 is 0. The van der Waals surface area contributed by atoms with Crippen molar-refractivity contribution >= 4 is 17.3 Å². The van der Waals surface area contributed by atoms with Gasteiger partial charge in [0.2, 0.25) is 0 Å². The van der Waals surface area contributed by atoms with Gasteiger partial charge in [0.15, 0.2) is 0 Å². The lowest BCUT2D eigenvalue weighted by Gasteiger charge is -2.22. The van der Waals surface area contributed by atoms with E-state index >= 15 is 0 Å². The van der Waals surface area contributed by atoms with Gasteiger partial charge in [-0.1, -0.05) is 36.4 Å². The number of hydrogen-bond acceptors (Lipinski definition) is 4. The predicted octanol–water partition coefficient (Wildman–Crippen LogP) is 3.75. The Kier molecular flexibility index (Phi) is 4.16. The molecule has 1 N–H and O–H groups in total. The zero-order chi connectivity index (χ0) is 14.5. The summed E-state index contributed by atoms with van der Waals surface area (Å²) in [5, 5.41) is 29.0. The molecular weight excluding hydrogens is 252 g/mol. The van der Waals surface area contributed by atoms with Crippen LogP contribution in [0.3, 0.4) is 0 Å². The van der Waals surface area contributed by atoms with Crippen molar-refractivity contribution in [2.24, 2.45) is 0 Å². The number of anilines is 1. The first kappa shape index (κ1) is 13.8. The van der Waals surface area contributed by atoms with Gasteiger partial charge in [-0.15, -0.1) is 0 Å². The average molecular weight is 265 g/mol. The molecule has 0 radical (unpaired) electrons. The lowest BCUT2D eigenvalue weighted by atomic mass is 9.98. The number of nitrogens with zero attached hydrogens (tertiary/aromatic N) is 2. The van der Waals surface area contributed by atoms with E-state index in [0.29, 0.717) is 11.1 Å². The highest BCUT2D eigenvalue weighted by Crippen LogP contribution is 2.25. The third-order valence-corrected chi connectivity index (χ3v) is 2.96. The predicted molar refractivity (Wildman–Crippen MR) is 78.7 cm³/mol. The van der Waals surface area contributed by atoms with Crippen LogP contribution in [0.4, 0.5) is 5.69 Å². The molecule has 0 atom stereocenters. The molecule has 2 aromatic carbocycles. The highest BCUT2D eigenvalue weighted by atomic mass is 16.8. The summed E-state index contributed by atoms with van der Waals surface area (Å²) in [6, 6.07) is 16.3. The lowest BCUT2D eigenvalue weighted by molar-refractivity contribution is 0.296. The van der Waals surface area contributed by atoms with Gasteiger partial charge in [-0.2, -0.15) is 5.26 Å². The molecule has 4 nitrogen and oxygen atoms in total. The Bertz CT molecular complexity index is 671. The van der Waals surface area contributed by atoms with Crippen LogP contribution in [0.2, 0.25) is 0 Å². The van der Waals surface area contributed by atoms with Crippen LogP contribution in [0.1, 0.15) is 16.7 Å². The number of allylic oxidation sites excluding steroid dienone is 1. The maximum Gasteiger partial charge on any atom is 0.0998 e. The summed E-state index contributed by atoms with van der Waals surface area (Å²) in [6.07, 6.45) is 1.75. The molecule has 0 unspecified atom stereocenters. The molecule has 0 aliphatic heterocycles. The maximum atomic E-state index is 10.9. The fraction of sp³-hybridized carbons (Fsp3) is 0.0625. The average Bonchev–Trinajstić information content (AvgIpc) is 2.46. The van der Waals surface area contributed by atoms with E-state index in [9.17, 15) is 10.5 Å². The molecule has 0 heterocycles. The molecule has 2 aromatic rings. The van der Waals surface area contributed by atoms with Crippen molar-refractivity contribution in [3.05, 3.63) is 70.4 Å². The molecule has 4 heteroatoms. The van der Waals surface area contributed by atoms with Crippen LogP contribution >= 0.6 is 0 Å². The number of benzene rings is 2. The van der Waals surface area contributed by atoms with Crippen molar-refractivity contribution in [3.63, 3.8) is 0 Å². The molecule has 100 valence electrons. The third kappa shape index (κ3) is 3.04. The molecule has 2 rings (SSSR count). The quantitative estimate of drug-likeness (QED) is 0.521. The van der Waals surface area contributed by atoms with Crippen molar-refractivity contribution in [1.82, 2.24) is 0 Å². The summed E-state index contributed by atoms with van der Waals surface area (Å²) in [7, 11) is 0. The summed E-state index contributed by atoms with van der Waals surface area (Å²) in [6.45, 7) is 1.85. The van der Waals surface area contributed by atoms with E-state index in [1.54, 1.807) is 12.1 Å². The second kappa shape index (κ2) is 6.02. The molecule has 0 bridgehead atoms. The van der Waals surface area contributed by atoms with Crippen LogP contribution in [0.25, 0.3) is 11.6 Å². The fourth-order valence-electron chi connectivity index (χ4n) is 1.91. The smallest absolute Gasteiger partial charge is 0.0998 e. The molecule has 0 fully saturated rings. The van der Waals surface area contributed by atoms with Gasteiger partial charge >= 0.3 is 0 Å². The van der Waals surface area contributed by atoms with E-state index in [0.717, 1.165) is 11.1 Å². The van der Waals surface area contributed by atoms with Gasteiger partial charge in [0, 0.05) is 0 Å². The van der Waals surface area contributed by atoms with Crippen molar-refractivity contribution in [2.45, 2.75) is 6.92 Å². The van der Waals surface area contributed by atoms with Crippen molar-refractivity contribution in [2.75, 3.05) is 5.23 Å². The second-order valence-corrected chi connectivity index (χ2v) is 4.35. The first-order valence-electron chi connectivity index (χ1n) is 6.06. The van der Waals surface area contributed by atoms with Gasteiger partial charge < -0.3 is 10.4 Å². The molecule has 0 spiro atoms. The van der Waals surface area contributed by atoms with E-state index in [2.05, 4.69) is 6.07 Å². The minimum absolute atomic E-state index is 0.0970. The number of hydrogen-bond donors (Lipinski definition) is 1. The Morgan fingerprint density at radius 1 is 1.25 bits per heavy atom. The van der Waals surface area contributed by atoms with Crippen LogP contribution in [0.15, 0.2) is 48.5 Å². The van der Waals surface area contributed by atoms with Crippen molar-refractivity contribution < 1.29 is 5.21 Å². The molecule has 20 heavy (non-hydrogen) atoms. The van der Waals surface area contributed by atoms with E-state index in [4.69, 9.17) is 5.21 Å². The van der Waals surface area contributed by atoms with Gasteiger partial charge in [0.05, 0.1) is 17.3 Å². The largest absolute Gasteiger partial charge is 0.733 e. The van der Waals surface area contributed by atoms with Crippen LogP contribution in [-0.2, 0) is 0 Å². The highest BCUT2D eigenvalue weighted by Gasteiger charge is 2.07. The first-order chi connectivity index (χ1) is 9.61. The SMILES string of the molecule is Cc1ccc(N([O-])O)cc1/C(C#N)=C/c1ccccc1. The Morgan fingerprint density at radius 2 is 1.95 bits per heavy atom. The summed E-state index contributed by atoms with van der Waals surface area (Å²) in [4.78, 5) is 0. The normalized spacial score (nSPS) is 11.0. The molecule has 0 aromatic heterocycles. The first-order valence-corrected chi connectivity index (χ1v) is 6.06. The van der Waals surface area contributed by atoms with Gasteiger partial charge in [-0.25, -0.2) is 0 Å². The van der Waals surface area contributed by atoms with Crippen molar-refractivity contribution in [3.8, 4) is 6.07 Å². The Hall–Kier alpha value is -2.61. The molecular formula is C16H13N2O2-. The maximum absolute atomic E-state index is 10.9. The van der Waals surface area contributed by atoms with Gasteiger partial charge in [-0.3, -0.25) is 5.21 Å². The van der Waals surface area contributed by atoms with Gasteiger partial charge in [0.25, 0.3) is 0 Å². The Labute approximate surface area is 117 Å². The zero-order valence-electron chi connectivity index (χ0n) is 10.9. The summed E-state index contributed by atoms with van der Waals surface area (Å²) in [5.41, 5.74) is 2.93. The Balaban J connectivity index is 2.50. The molecule has 0 amide bonds. The van der Waals surface area contributed by atoms with Gasteiger partial charge in [-0.05, 0) is 41.8 Å². The third-order valence-electron chi connectivity index (χ3n) is 2.96. The zero-order valence-corrected chi connectivity index (χ0v) is 10.9. The minimum Gasteiger partial charge on any atom is -0.733 e. The van der Waals surface area contributed by atoms with Crippen LogP contribution in [0.5, 0.6) is 0 Å². The number of nitriles is 1. The van der Waals surface area contributed by atoms with E-state index < -0.39 is 0 Å². The van der Waals surface area contributed by atoms with Gasteiger partial charge in [0.1, 0.15) is 0 Å². The molecule has 0 saturated carbocycles. The lowest BCUT2D eigenvalue weighted by Crippen LogP contribution is -2.07. The minimum atomic E-state index is -0.208. The summed E-state index contributed by atoms with van der Waals surface area (Å²) in [5.74, 6) is 0. The number of aryl methyl sites for hydroxylation is 1. The van der Waals surface area contributed by atoms with E-state index in [-0.39, 0.29) is 10.9 Å². The molecule has 0 aliphatic carbocycles. The summed E-state index contributed by atoms with van der Waals surface area (Å²) < 4.78 is 0. The Morgan fingerprint density at radius 3 is 2.55 bits per heavy atom. The highest BCUT2D eigenvalue weighted by molar-refractivity contribution is 5.91. The van der Waals surface area contributed by atoms with E-state index in [1.807, 2.05) is 37.3 Å². The molecule has 0 aliphatic rings. The fourth-order valence-corrected chi connectivity index (χ4v) is 1.91. The van der Waals surface area contributed by atoms with Crippen molar-refractivity contribution in [1.29, 1.82) is 5.26 Å². The number of rotatable bonds is 3. The second-order valence-electron chi connectivity index (χ2n) is 4.35. The monoisotopic (exact) mass is 265 g/mol. The van der Waals surface area contributed by atoms with Crippen LogP contribution in [-0.4, -0.2) is 5.21 Å². The standard InChI is InChI=1S/C16H13N2O2/c1-12-7-8-15(18(19)20)10-16(12)14(11-17)9-13-5-3-2-4-6-13/h2-10,19H,1H3/q-1/b14-9+. The van der Waals surface area contributed by atoms with E-state index in [1.165, 1.54) is 12.1 Å². The topological polar surface area (TPSA) is 70.3 Å². The van der Waals surface area contributed by atoms with Crippen LogP contribution in [0, 0.1) is 23.5 Å². The molecule has 0 saturated heterocycles.